The molecule has 0 saturated carbocycles. The van der Waals surface area contributed by atoms with E-state index in [0.29, 0.717) is 19.8 Å². The molecule has 1 aromatic carbocycles. The number of rotatable bonds is 9. The third-order valence-electron chi connectivity index (χ3n) is 2.83. The lowest BCUT2D eigenvalue weighted by atomic mass is 10.1. The minimum Gasteiger partial charge on any atom is -0.494 e. The lowest BCUT2D eigenvalue weighted by Crippen LogP contribution is -2.36. The summed E-state index contributed by atoms with van der Waals surface area (Å²) in [6, 6.07) is 7.66. The topological polar surface area (TPSA) is 59.6 Å². The van der Waals surface area contributed by atoms with Crippen molar-refractivity contribution in [1.29, 1.82) is 0 Å². The summed E-state index contributed by atoms with van der Waals surface area (Å²) in [6.45, 7) is 6.04. The molecule has 112 valence electrons. The van der Waals surface area contributed by atoms with Gasteiger partial charge in [-0.05, 0) is 19.9 Å². The summed E-state index contributed by atoms with van der Waals surface area (Å²) in [4.78, 5) is 11.8. The molecular weight excluding hydrogens is 256 g/mol. The lowest BCUT2D eigenvalue weighted by molar-refractivity contribution is -0.120. The summed E-state index contributed by atoms with van der Waals surface area (Å²) in [7, 11) is 1.63. The molecule has 0 saturated heterocycles. The van der Waals surface area contributed by atoms with Gasteiger partial charge in [0.2, 0.25) is 5.91 Å². The van der Waals surface area contributed by atoms with Crippen molar-refractivity contribution in [3.63, 3.8) is 0 Å². The minimum atomic E-state index is -0.0884. The van der Waals surface area contributed by atoms with Crippen molar-refractivity contribution in [3.05, 3.63) is 29.8 Å². The van der Waals surface area contributed by atoms with Crippen molar-refractivity contribution < 1.29 is 14.3 Å². The van der Waals surface area contributed by atoms with Crippen LogP contribution in [0.4, 0.5) is 0 Å². The Kier molecular flexibility index (Phi) is 7.69. The Labute approximate surface area is 120 Å². The predicted molar refractivity (Wildman–Crippen MR) is 78.9 cm³/mol. The molecule has 0 aliphatic rings. The number of hydrogen-bond acceptors (Lipinski definition) is 4. The molecule has 0 radical (unpaired) electrons. The second kappa shape index (κ2) is 9.34. The van der Waals surface area contributed by atoms with E-state index in [1.54, 1.807) is 7.11 Å². The van der Waals surface area contributed by atoms with Crippen LogP contribution in [0.15, 0.2) is 24.3 Å². The fourth-order valence-corrected chi connectivity index (χ4v) is 1.87. The molecular formula is C15H24N2O3. The number of para-hydroxylation sites is 1. The van der Waals surface area contributed by atoms with Gasteiger partial charge in [-0.1, -0.05) is 18.2 Å². The Balaban J connectivity index is 2.49. The maximum Gasteiger partial charge on any atom is 0.234 e. The largest absolute Gasteiger partial charge is 0.494 e. The van der Waals surface area contributed by atoms with Gasteiger partial charge in [0.15, 0.2) is 0 Å². The van der Waals surface area contributed by atoms with Gasteiger partial charge in [0.05, 0.1) is 25.8 Å². The smallest absolute Gasteiger partial charge is 0.234 e. The molecule has 2 N–H and O–H groups in total. The van der Waals surface area contributed by atoms with Crippen molar-refractivity contribution in [2.24, 2.45) is 0 Å². The van der Waals surface area contributed by atoms with Crippen molar-refractivity contribution >= 4 is 5.91 Å². The molecule has 1 unspecified atom stereocenters. The number of ether oxygens (including phenoxy) is 2. The number of methoxy groups -OCH3 is 1. The average Bonchev–Trinajstić information content (AvgIpc) is 2.44. The number of carbonyl (C=O) groups excluding carboxylic acids is 1. The van der Waals surface area contributed by atoms with Crippen LogP contribution < -0.4 is 15.4 Å². The SMILES string of the molecule is CCOc1ccccc1C(C)NC(=O)CNCCOC. The van der Waals surface area contributed by atoms with Gasteiger partial charge in [0.1, 0.15) is 5.75 Å². The van der Waals surface area contributed by atoms with Crippen LogP contribution >= 0.6 is 0 Å². The van der Waals surface area contributed by atoms with E-state index in [-0.39, 0.29) is 18.5 Å². The monoisotopic (exact) mass is 280 g/mol. The molecule has 1 rings (SSSR count). The highest BCUT2D eigenvalue weighted by Crippen LogP contribution is 2.24. The molecule has 1 aromatic rings. The lowest BCUT2D eigenvalue weighted by Gasteiger charge is -2.18. The van der Waals surface area contributed by atoms with E-state index in [9.17, 15) is 4.79 Å². The number of nitrogens with one attached hydrogen (secondary N) is 2. The van der Waals surface area contributed by atoms with Crippen LogP contribution in [0.1, 0.15) is 25.5 Å². The Morgan fingerprint density at radius 2 is 2.10 bits per heavy atom. The van der Waals surface area contributed by atoms with Crippen LogP contribution in [0.5, 0.6) is 5.75 Å². The van der Waals surface area contributed by atoms with Gasteiger partial charge in [-0.15, -0.1) is 0 Å². The normalized spacial score (nSPS) is 11.9. The van der Waals surface area contributed by atoms with Crippen molar-refractivity contribution in [1.82, 2.24) is 10.6 Å². The zero-order valence-corrected chi connectivity index (χ0v) is 12.4. The molecule has 0 heterocycles. The van der Waals surface area contributed by atoms with Gasteiger partial charge in [0, 0.05) is 19.2 Å². The predicted octanol–water partition coefficient (Wildman–Crippen LogP) is 1.50. The number of amides is 1. The second-order valence-corrected chi connectivity index (χ2v) is 4.43. The first-order chi connectivity index (χ1) is 9.69. The van der Waals surface area contributed by atoms with E-state index in [4.69, 9.17) is 9.47 Å². The molecule has 20 heavy (non-hydrogen) atoms. The molecule has 1 amide bonds. The van der Waals surface area contributed by atoms with Crippen LogP contribution in [-0.2, 0) is 9.53 Å². The van der Waals surface area contributed by atoms with Crippen LogP contribution in [0.25, 0.3) is 0 Å². The standard InChI is InChI=1S/C15H24N2O3/c1-4-20-14-8-6-5-7-13(14)12(2)17-15(18)11-16-9-10-19-3/h5-8,12,16H,4,9-11H2,1-3H3,(H,17,18). The highest BCUT2D eigenvalue weighted by Gasteiger charge is 2.13. The molecule has 0 fully saturated rings. The molecule has 1 atom stereocenters. The fourth-order valence-electron chi connectivity index (χ4n) is 1.87. The Morgan fingerprint density at radius 1 is 1.35 bits per heavy atom. The van der Waals surface area contributed by atoms with Gasteiger partial charge >= 0.3 is 0 Å². The molecule has 0 spiro atoms. The molecule has 0 aliphatic heterocycles. The average molecular weight is 280 g/mol. The molecule has 0 aromatic heterocycles. The first-order valence-corrected chi connectivity index (χ1v) is 6.89. The Bertz CT molecular complexity index is 410. The summed E-state index contributed by atoms with van der Waals surface area (Å²) in [5, 5.41) is 5.96. The van der Waals surface area contributed by atoms with Crippen LogP contribution in [0.2, 0.25) is 0 Å². The highest BCUT2D eigenvalue weighted by molar-refractivity contribution is 5.78. The van der Waals surface area contributed by atoms with E-state index >= 15 is 0 Å². The van der Waals surface area contributed by atoms with Crippen LogP contribution in [-0.4, -0.2) is 39.3 Å². The highest BCUT2D eigenvalue weighted by atomic mass is 16.5. The van der Waals surface area contributed by atoms with E-state index in [2.05, 4.69) is 10.6 Å². The number of carbonyl (C=O) groups is 1. The van der Waals surface area contributed by atoms with Gasteiger partial charge in [0.25, 0.3) is 0 Å². The number of hydrogen-bond donors (Lipinski definition) is 2. The van der Waals surface area contributed by atoms with Gasteiger partial charge < -0.3 is 20.1 Å². The van der Waals surface area contributed by atoms with Crippen LogP contribution in [0.3, 0.4) is 0 Å². The Hall–Kier alpha value is -1.59. The molecule has 5 heteroatoms. The minimum absolute atomic E-state index is 0.0418. The van der Waals surface area contributed by atoms with Crippen molar-refractivity contribution in [3.8, 4) is 5.75 Å². The molecule has 0 bridgehead atoms. The van der Waals surface area contributed by atoms with E-state index in [1.165, 1.54) is 0 Å². The van der Waals surface area contributed by atoms with E-state index < -0.39 is 0 Å². The summed E-state index contributed by atoms with van der Waals surface area (Å²) in [6.07, 6.45) is 0. The second-order valence-electron chi connectivity index (χ2n) is 4.43. The van der Waals surface area contributed by atoms with Gasteiger partial charge in [-0.2, -0.15) is 0 Å². The van der Waals surface area contributed by atoms with Crippen molar-refractivity contribution in [2.75, 3.05) is 33.4 Å². The zero-order chi connectivity index (χ0) is 14.8. The third kappa shape index (κ3) is 5.59. The fraction of sp³-hybridized carbons (Fsp3) is 0.533. The number of benzene rings is 1. The third-order valence-corrected chi connectivity index (χ3v) is 2.83. The summed E-state index contributed by atoms with van der Waals surface area (Å²) in [5.41, 5.74) is 0.986. The zero-order valence-electron chi connectivity index (χ0n) is 12.4. The first kappa shape index (κ1) is 16.5. The maximum atomic E-state index is 11.8. The maximum absolute atomic E-state index is 11.8. The molecule has 5 nitrogen and oxygen atoms in total. The Morgan fingerprint density at radius 3 is 2.80 bits per heavy atom. The van der Waals surface area contributed by atoms with Gasteiger partial charge in [-0.3, -0.25) is 4.79 Å². The molecule has 0 aliphatic carbocycles. The van der Waals surface area contributed by atoms with Crippen LogP contribution in [0, 0.1) is 0 Å². The quantitative estimate of drug-likeness (QED) is 0.673. The summed E-state index contributed by atoms with van der Waals surface area (Å²) >= 11 is 0. The van der Waals surface area contributed by atoms with Gasteiger partial charge in [-0.25, -0.2) is 0 Å². The summed E-state index contributed by atoms with van der Waals surface area (Å²) in [5.74, 6) is 0.773. The van der Waals surface area contributed by atoms with E-state index in [1.807, 2.05) is 38.1 Å². The summed E-state index contributed by atoms with van der Waals surface area (Å²) < 4.78 is 10.5. The van der Waals surface area contributed by atoms with Crippen molar-refractivity contribution in [2.45, 2.75) is 19.9 Å². The first-order valence-electron chi connectivity index (χ1n) is 6.89. The van der Waals surface area contributed by atoms with E-state index in [0.717, 1.165) is 11.3 Å².